The van der Waals surface area contributed by atoms with Crippen molar-refractivity contribution in [1.29, 1.82) is 0 Å². The van der Waals surface area contributed by atoms with Crippen molar-refractivity contribution < 1.29 is 0 Å². The molecule has 2 radical (unpaired) electrons. The Kier molecular flexibility index (Phi) is 4.34. The lowest BCUT2D eigenvalue weighted by molar-refractivity contribution is 1.09. The van der Waals surface area contributed by atoms with E-state index in [9.17, 15) is 0 Å². The molecular weight excluding hydrogens is 153 g/mol. The summed E-state index contributed by atoms with van der Waals surface area (Å²) >= 11 is 9.14. The van der Waals surface area contributed by atoms with E-state index in [1.807, 2.05) is 0 Å². The van der Waals surface area contributed by atoms with E-state index in [-0.39, 0.29) is 11.6 Å². The molecule has 0 aromatic heterocycles. The Labute approximate surface area is 65.8 Å². The van der Waals surface area contributed by atoms with Crippen molar-refractivity contribution in [2.45, 2.75) is 0 Å². The maximum atomic E-state index is 5.08. The molecule has 0 aromatic rings. The molecule has 0 saturated carbocycles. The molecule has 0 atom stereocenters. The molecule has 0 unspecified atom stereocenters. The lowest BCUT2D eigenvalue weighted by atomic mass is 10.2. The van der Waals surface area contributed by atoms with Crippen LogP contribution in [0.2, 0.25) is 0 Å². The molecule has 0 aliphatic rings. The Morgan fingerprint density at radius 1 is 1.56 bits per heavy atom. The molecule has 6 heteroatoms. The average molecular weight is 159 g/mol. The second-order valence-electron chi connectivity index (χ2n) is 1.20. The Bertz CT molecular complexity index is 126. The number of nitrogens with one attached hydrogen (secondary N) is 2. The summed E-state index contributed by atoms with van der Waals surface area (Å²) in [6.45, 7) is 0. The summed E-state index contributed by atoms with van der Waals surface area (Å²) in [6.07, 6.45) is 0.272. The summed E-state index contributed by atoms with van der Waals surface area (Å²) in [5.41, 5.74) is 5.08. The molecular formula is C3H6BN3S2. The summed E-state index contributed by atoms with van der Waals surface area (Å²) in [7, 11) is 5.08. The van der Waals surface area contributed by atoms with Gasteiger partial charge in [-0.05, 0) is 30.9 Å². The minimum absolute atomic E-state index is 0.140. The number of nitrogens with two attached hydrogens (primary N) is 1. The zero-order valence-corrected chi connectivity index (χ0v) is 6.31. The van der Waals surface area contributed by atoms with Gasteiger partial charge in [-0.2, -0.15) is 0 Å². The monoisotopic (exact) mass is 159 g/mol. The van der Waals surface area contributed by atoms with Crippen LogP contribution in [0, 0.1) is 0 Å². The Morgan fingerprint density at radius 3 is 2.44 bits per heavy atom. The standard InChI is InChI=1S/C3H6BN3S2/c4-1-6-3(9)7-2(5)8/h1H2,(H4,5,6,7,8,9). The predicted molar refractivity (Wildman–Crippen MR) is 46.3 cm³/mol. The molecule has 48 valence electrons. The molecule has 4 N–H and O–H groups in total. The fourth-order valence-electron chi connectivity index (χ4n) is 0.249. The lowest BCUT2D eigenvalue weighted by Crippen LogP contribution is -2.42. The SMILES string of the molecule is [B]CNC(=S)NC(N)=S. The van der Waals surface area contributed by atoms with Gasteiger partial charge in [-0.15, -0.1) is 0 Å². The first-order valence-electron chi connectivity index (χ1n) is 2.21. The van der Waals surface area contributed by atoms with E-state index in [2.05, 4.69) is 35.1 Å². The van der Waals surface area contributed by atoms with Crippen LogP contribution < -0.4 is 16.4 Å². The van der Waals surface area contributed by atoms with Crippen LogP contribution in [0.3, 0.4) is 0 Å². The van der Waals surface area contributed by atoms with Gasteiger partial charge in [-0.25, -0.2) is 0 Å². The smallest absolute Gasteiger partial charge is 0.171 e. The van der Waals surface area contributed by atoms with E-state index in [1.54, 1.807) is 0 Å². The van der Waals surface area contributed by atoms with Crippen LogP contribution in [0.15, 0.2) is 0 Å². The predicted octanol–water partition coefficient (Wildman–Crippen LogP) is -1.18. The van der Waals surface area contributed by atoms with Gasteiger partial charge < -0.3 is 16.4 Å². The fraction of sp³-hybridized carbons (Fsp3) is 0.333. The first-order chi connectivity index (χ1) is 4.16. The van der Waals surface area contributed by atoms with Gasteiger partial charge in [0.15, 0.2) is 10.2 Å². The van der Waals surface area contributed by atoms with Crippen LogP contribution in [0.4, 0.5) is 0 Å². The third-order valence-corrected chi connectivity index (χ3v) is 0.848. The maximum Gasteiger partial charge on any atom is 0.171 e. The van der Waals surface area contributed by atoms with Gasteiger partial charge in [0.1, 0.15) is 0 Å². The molecule has 3 nitrogen and oxygen atoms in total. The van der Waals surface area contributed by atoms with Gasteiger partial charge in [0.25, 0.3) is 0 Å². The molecule has 0 saturated heterocycles. The Hall–Kier alpha value is -0.355. The number of hydrogen-bond acceptors (Lipinski definition) is 2. The Morgan fingerprint density at radius 2 is 2.11 bits per heavy atom. The average Bonchev–Trinajstić information content (AvgIpc) is 1.63. The van der Waals surface area contributed by atoms with Crippen molar-refractivity contribution in [3.63, 3.8) is 0 Å². The van der Waals surface area contributed by atoms with E-state index in [4.69, 9.17) is 13.6 Å². The van der Waals surface area contributed by atoms with E-state index in [1.165, 1.54) is 0 Å². The Balaban J connectivity index is 3.39. The second-order valence-corrected chi connectivity index (χ2v) is 2.05. The van der Waals surface area contributed by atoms with Crippen LogP contribution in [-0.2, 0) is 0 Å². The van der Waals surface area contributed by atoms with E-state index >= 15 is 0 Å². The lowest BCUT2D eigenvalue weighted by Gasteiger charge is -2.04. The summed E-state index contributed by atoms with van der Waals surface area (Å²) in [6, 6.07) is 0. The van der Waals surface area contributed by atoms with Crippen molar-refractivity contribution in [2.75, 3.05) is 6.44 Å². The third-order valence-electron chi connectivity index (χ3n) is 0.499. The maximum absolute atomic E-state index is 5.08. The molecule has 0 aromatic carbocycles. The first kappa shape index (κ1) is 8.64. The highest BCUT2D eigenvalue weighted by Gasteiger charge is 1.90. The van der Waals surface area contributed by atoms with E-state index in [0.29, 0.717) is 5.11 Å². The largest absolute Gasteiger partial charge is 0.376 e. The molecule has 0 bridgehead atoms. The highest BCUT2D eigenvalue weighted by molar-refractivity contribution is 7.81. The molecule has 0 heterocycles. The molecule has 0 fully saturated rings. The minimum atomic E-state index is 0.140. The van der Waals surface area contributed by atoms with Crippen LogP contribution in [-0.4, -0.2) is 24.5 Å². The van der Waals surface area contributed by atoms with E-state index in [0.717, 1.165) is 0 Å². The van der Waals surface area contributed by atoms with Crippen molar-refractivity contribution >= 4 is 42.5 Å². The van der Waals surface area contributed by atoms with Gasteiger partial charge >= 0.3 is 0 Å². The summed E-state index contributed by atoms with van der Waals surface area (Å²) in [5.74, 6) is 0. The normalized spacial score (nSPS) is 8.00. The van der Waals surface area contributed by atoms with Crippen molar-refractivity contribution in [3.8, 4) is 0 Å². The molecule has 0 spiro atoms. The number of thiocarbonyl (C=S) groups is 2. The van der Waals surface area contributed by atoms with Crippen molar-refractivity contribution in [2.24, 2.45) is 5.73 Å². The van der Waals surface area contributed by atoms with Gasteiger partial charge in [0.2, 0.25) is 0 Å². The molecule has 9 heavy (non-hydrogen) atoms. The highest BCUT2D eigenvalue weighted by atomic mass is 32.1. The first-order valence-corrected chi connectivity index (χ1v) is 3.03. The van der Waals surface area contributed by atoms with Gasteiger partial charge in [0.05, 0.1) is 7.85 Å². The van der Waals surface area contributed by atoms with Crippen LogP contribution in [0.5, 0.6) is 0 Å². The molecule has 0 amide bonds. The second kappa shape index (κ2) is 4.52. The van der Waals surface area contributed by atoms with Crippen LogP contribution >= 0.6 is 24.4 Å². The van der Waals surface area contributed by atoms with Crippen LogP contribution in [0.25, 0.3) is 0 Å². The molecule has 0 aliphatic heterocycles. The van der Waals surface area contributed by atoms with E-state index < -0.39 is 0 Å². The van der Waals surface area contributed by atoms with Crippen LogP contribution in [0.1, 0.15) is 0 Å². The minimum Gasteiger partial charge on any atom is -0.376 e. The van der Waals surface area contributed by atoms with Crippen molar-refractivity contribution in [3.05, 3.63) is 0 Å². The van der Waals surface area contributed by atoms with Crippen molar-refractivity contribution in [1.82, 2.24) is 10.6 Å². The quantitative estimate of drug-likeness (QED) is 0.332. The summed E-state index contributed by atoms with van der Waals surface area (Å²) in [4.78, 5) is 0. The number of hydrogen-bond donors (Lipinski definition) is 3. The van der Waals surface area contributed by atoms with Gasteiger partial charge in [-0.3, -0.25) is 0 Å². The fourth-order valence-corrected chi connectivity index (χ4v) is 0.609. The number of rotatable bonds is 1. The summed E-state index contributed by atoms with van der Waals surface area (Å²) in [5, 5.41) is 5.59. The highest BCUT2D eigenvalue weighted by Crippen LogP contribution is 1.63. The van der Waals surface area contributed by atoms with Gasteiger partial charge in [-0.1, -0.05) is 0 Å². The zero-order chi connectivity index (χ0) is 7.28. The third kappa shape index (κ3) is 5.52. The summed E-state index contributed by atoms with van der Waals surface area (Å²) < 4.78 is 0. The molecule has 0 rings (SSSR count). The van der Waals surface area contributed by atoms with Gasteiger partial charge in [0, 0.05) is 0 Å². The zero-order valence-electron chi connectivity index (χ0n) is 4.68. The molecule has 0 aliphatic carbocycles. The topological polar surface area (TPSA) is 50.1 Å².